The fraction of sp³-hybridized carbons (Fsp3) is 0.111. The number of nitrogens with zero attached hydrogens (tertiary/aromatic N) is 2. The Balaban J connectivity index is 1.91. The maximum absolute atomic E-state index is 13.8. The van der Waals surface area contributed by atoms with Gasteiger partial charge in [-0.25, -0.2) is 14.4 Å². The highest BCUT2D eigenvalue weighted by atomic mass is 19.1. The lowest BCUT2D eigenvalue weighted by Gasteiger charge is -2.10. The Kier molecular flexibility index (Phi) is 4.19. The van der Waals surface area contributed by atoms with E-state index in [9.17, 15) is 4.39 Å². The van der Waals surface area contributed by atoms with E-state index in [1.165, 1.54) is 13.2 Å². The van der Waals surface area contributed by atoms with Gasteiger partial charge >= 0.3 is 0 Å². The normalized spacial score (nSPS) is 10.4. The van der Waals surface area contributed by atoms with Crippen LogP contribution in [-0.4, -0.2) is 17.1 Å². The Morgan fingerprint density at radius 2 is 1.78 bits per heavy atom. The Morgan fingerprint density at radius 3 is 2.48 bits per heavy atom. The molecule has 0 spiro atoms. The molecule has 2 aromatic carbocycles. The smallest absolute Gasteiger partial charge is 0.167 e. The zero-order chi connectivity index (χ0) is 16.2. The van der Waals surface area contributed by atoms with Gasteiger partial charge in [0.05, 0.1) is 7.11 Å². The van der Waals surface area contributed by atoms with Crippen molar-refractivity contribution in [2.45, 2.75) is 6.92 Å². The molecular formula is C18H16FN3O. The molecule has 3 rings (SSSR count). The molecule has 0 unspecified atom stereocenters. The van der Waals surface area contributed by atoms with Gasteiger partial charge in [-0.1, -0.05) is 30.3 Å². The van der Waals surface area contributed by atoms with Crippen LogP contribution in [0.3, 0.4) is 0 Å². The molecule has 0 saturated carbocycles. The average molecular weight is 309 g/mol. The van der Waals surface area contributed by atoms with Gasteiger partial charge in [-0.05, 0) is 19.1 Å². The molecule has 0 saturated heterocycles. The molecule has 5 heteroatoms. The average Bonchev–Trinajstić information content (AvgIpc) is 2.55. The standard InChI is InChI=1S/C18H16FN3O/c1-12-10-17(21-14-8-9-16(23-2)15(19)11-14)22-18(20-12)13-6-4-3-5-7-13/h3-11H,1-2H3,(H,20,21,22). The highest BCUT2D eigenvalue weighted by Crippen LogP contribution is 2.24. The zero-order valence-corrected chi connectivity index (χ0v) is 12.9. The van der Waals surface area contributed by atoms with E-state index in [1.54, 1.807) is 12.1 Å². The first kappa shape index (κ1) is 15.0. The van der Waals surface area contributed by atoms with Crippen LogP contribution >= 0.6 is 0 Å². The predicted molar refractivity (Wildman–Crippen MR) is 88.4 cm³/mol. The van der Waals surface area contributed by atoms with Crippen LogP contribution in [0.5, 0.6) is 5.75 Å². The molecule has 0 fully saturated rings. The summed E-state index contributed by atoms with van der Waals surface area (Å²) >= 11 is 0. The summed E-state index contributed by atoms with van der Waals surface area (Å²) in [7, 11) is 1.44. The third-order valence-corrected chi connectivity index (χ3v) is 3.31. The van der Waals surface area contributed by atoms with E-state index in [0.717, 1.165) is 11.3 Å². The van der Waals surface area contributed by atoms with Gasteiger partial charge in [-0.3, -0.25) is 0 Å². The number of aryl methyl sites for hydroxylation is 1. The van der Waals surface area contributed by atoms with Crippen molar-refractivity contribution in [3.63, 3.8) is 0 Å². The lowest BCUT2D eigenvalue weighted by molar-refractivity contribution is 0.386. The number of nitrogens with one attached hydrogen (secondary N) is 1. The molecule has 0 aliphatic carbocycles. The Bertz CT molecular complexity index is 822. The van der Waals surface area contributed by atoms with Gasteiger partial charge in [-0.2, -0.15) is 0 Å². The molecule has 0 aliphatic heterocycles. The zero-order valence-electron chi connectivity index (χ0n) is 12.9. The van der Waals surface area contributed by atoms with E-state index in [0.29, 0.717) is 17.3 Å². The molecule has 0 atom stereocenters. The Labute approximate surface area is 134 Å². The van der Waals surface area contributed by atoms with E-state index in [1.807, 2.05) is 43.3 Å². The van der Waals surface area contributed by atoms with Gasteiger partial charge in [-0.15, -0.1) is 0 Å². The van der Waals surface area contributed by atoms with Crippen LogP contribution in [-0.2, 0) is 0 Å². The lowest BCUT2D eigenvalue weighted by Crippen LogP contribution is -1.99. The summed E-state index contributed by atoms with van der Waals surface area (Å²) in [6.45, 7) is 1.90. The molecule has 1 heterocycles. The maximum Gasteiger partial charge on any atom is 0.167 e. The molecule has 4 nitrogen and oxygen atoms in total. The van der Waals surface area contributed by atoms with Crippen LogP contribution in [0.2, 0.25) is 0 Å². The van der Waals surface area contributed by atoms with Gasteiger partial charge in [0.2, 0.25) is 0 Å². The topological polar surface area (TPSA) is 47.0 Å². The lowest BCUT2D eigenvalue weighted by atomic mass is 10.2. The second kappa shape index (κ2) is 6.44. The van der Waals surface area contributed by atoms with Crippen molar-refractivity contribution in [2.24, 2.45) is 0 Å². The van der Waals surface area contributed by atoms with Crippen LogP contribution in [0, 0.1) is 12.7 Å². The molecule has 23 heavy (non-hydrogen) atoms. The Hall–Kier alpha value is -2.95. The monoisotopic (exact) mass is 309 g/mol. The van der Waals surface area contributed by atoms with Crippen molar-refractivity contribution >= 4 is 11.5 Å². The van der Waals surface area contributed by atoms with Crippen molar-refractivity contribution in [1.82, 2.24) is 9.97 Å². The van der Waals surface area contributed by atoms with Gasteiger partial charge in [0.25, 0.3) is 0 Å². The highest BCUT2D eigenvalue weighted by molar-refractivity contribution is 5.62. The van der Waals surface area contributed by atoms with Gasteiger partial charge in [0, 0.05) is 29.1 Å². The van der Waals surface area contributed by atoms with E-state index in [2.05, 4.69) is 15.3 Å². The van der Waals surface area contributed by atoms with E-state index >= 15 is 0 Å². The fourth-order valence-corrected chi connectivity index (χ4v) is 2.24. The molecule has 0 bridgehead atoms. The predicted octanol–water partition coefficient (Wildman–Crippen LogP) is 4.34. The van der Waals surface area contributed by atoms with Crippen LogP contribution in [0.25, 0.3) is 11.4 Å². The quantitative estimate of drug-likeness (QED) is 0.778. The number of hydrogen-bond acceptors (Lipinski definition) is 4. The summed E-state index contributed by atoms with van der Waals surface area (Å²) in [5.74, 6) is 1.02. The van der Waals surface area contributed by atoms with Crippen molar-refractivity contribution in [3.05, 3.63) is 66.1 Å². The number of anilines is 2. The summed E-state index contributed by atoms with van der Waals surface area (Å²) in [6, 6.07) is 16.2. The number of methoxy groups -OCH3 is 1. The molecule has 0 amide bonds. The van der Waals surface area contributed by atoms with Crippen molar-refractivity contribution in [1.29, 1.82) is 0 Å². The summed E-state index contributed by atoms with van der Waals surface area (Å²) in [4.78, 5) is 8.94. The first-order chi connectivity index (χ1) is 11.2. The minimum Gasteiger partial charge on any atom is -0.494 e. The highest BCUT2D eigenvalue weighted by Gasteiger charge is 2.07. The SMILES string of the molecule is COc1ccc(Nc2cc(C)nc(-c3ccccc3)n2)cc1F. The maximum atomic E-state index is 13.8. The largest absolute Gasteiger partial charge is 0.494 e. The van der Waals surface area contributed by atoms with E-state index < -0.39 is 5.82 Å². The number of hydrogen-bond donors (Lipinski definition) is 1. The first-order valence-corrected chi connectivity index (χ1v) is 7.17. The minimum atomic E-state index is -0.424. The number of aromatic nitrogens is 2. The van der Waals surface area contributed by atoms with Crippen LogP contribution in [0.1, 0.15) is 5.69 Å². The third-order valence-electron chi connectivity index (χ3n) is 3.31. The van der Waals surface area contributed by atoms with E-state index in [4.69, 9.17) is 4.74 Å². The van der Waals surface area contributed by atoms with Crippen LogP contribution in [0.4, 0.5) is 15.9 Å². The molecule has 0 aliphatic rings. The summed E-state index contributed by atoms with van der Waals surface area (Å²) in [5.41, 5.74) is 2.36. The first-order valence-electron chi connectivity index (χ1n) is 7.17. The summed E-state index contributed by atoms with van der Waals surface area (Å²) in [5, 5.41) is 3.10. The summed E-state index contributed by atoms with van der Waals surface area (Å²) < 4.78 is 18.7. The molecule has 1 aromatic heterocycles. The van der Waals surface area contributed by atoms with Gasteiger partial charge in [0.15, 0.2) is 17.4 Å². The van der Waals surface area contributed by atoms with Gasteiger partial charge in [0.1, 0.15) is 5.82 Å². The molecule has 1 N–H and O–H groups in total. The van der Waals surface area contributed by atoms with Crippen molar-refractivity contribution in [3.8, 4) is 17.1 Å². The molecule has 0 radical (unpaired) electrons. The number of benzene rings is 2. The summed E-state index contributed by atoms with van der Waals surface area (Å²) in [6.07, 6.45) is 0. The minimum absolute atomic E-state index is 0.208. The van der Waals surface area contributed by atoms with Crippen LogP contribution in [0.15, 0.2) is 54.6 Å². The van der Waals surface area contributed by atoms with E-state index in [-0.39, 0.29) is 5.75 Å². The second-order valence-corrected chi connectivity index (χ2v) is 5.06. The molecule has 3 aromatic rings. The van der Waals surface area contributed by atoms with Crippen LogP contribution < -0.4 is 10.1 Å². The third kappa shape index (κ3) is 3.45. The molecule has 116 valence electrons. The number of ether oxygens (including phenoxy) is 1. The number of rotatable bonds is 4. The Morgan fingerprint density at radius 1 is 1.00 bits per heavy atom. The van der Waals surface area contributed by atoms with Crippen molar-refractivity contribution in [2.75, 3.05) is 12.4 Å². The second-order valence-electron chi connectivity index (χ2n) is 5.06. The fourth-order valence-electron chi connectivity index (χ4n) is 2.24. The number of halogens is 1. The molecular weight excluding hydrogens is 293 g/mol. The van der Waals surface area contributed by atoms with Gasteiger partial charge < -0.3 is 10.1 Å². The van der Waals surface area contributed by atoms with Crippen molar-refractivity contribution < 1.29 is 9.13 Å².